The molecule has 1 aliphatic rings. The average molecular weight is 379 g/mol. The monoisotopic (exact) mass is 379 g/mol. The summed E-state index contributed by atoms with van der Waals surface area (Å²) in [5.41, 5.74) is 1.90. The van der Waals surface area contributed by atoms with Gasteiger partial charge in [0.05, 0.1) is 23.7 Å². The minimum atomic E-state index is -3.74. The highest BCUT2D eigenvalue weighted by Gasteiger charge is 2.27. The molecule has 0 fully saturated rings. The highest BCUT2D eigenvalue weighted by atomic mass is 32.2. The van der Waals surface area contributed by atoms with Crippen LogP contribution in [0.25, 0.3) is 0 Å². The fraction of sp³-hybridized carbons (Fsp3) is 0.444. The molecule has 1 aliphatic heterocycles. The molecule has 1 aromatic carbocycles. The number of nitrogens with one attached hydrogen (secondary N) is 2. The molecule has 2 N–H and O–H groups in total. The van der Waals surface area contributed by atoms with Crippen molar-refractivity contribution in [3.05, 3.63) is 35.5 Å². The molecule has 2 rings (SSSR count). The quantitative estimate of drug-likeness (QED) is 0.737. The zero-order valence-electron chi connectivity index (χ0n) is 15.5. The second kappa shape index (κ2) is 8.35. The van der Waals surface area contributed by atoms with Gasteiger partial charge >= 0.3 is 5.97 Å². The predicted molar refractivity (Wildman–Crippen MR) is 104 cm³/mol. The van der Waals surface area contributed by atoms with Crippen LogP contribution in [-0.2, 0) is 19.6 Å². The number of carbonyl (C=O) groups excluding carboxylic acids is 1. The van der Waals surface area contributed by atoms with Gasteiger partial charge < -0.3 is 15.4 Å². The summed E-state index contributed by atoms with van der Waals surface area (Å²) in [6.07, 6.45) is 0.491. The molecule has 0 radical (unpaired) electrons. The lowest BCUT2D eigenvalue weighted by Gasteiger charge is -2.12. The number of esters is 1. The third-order valence-electron chi connectivity index (χ3n) is 3.78. The largest absolute Gasteiger partial charge is 0.462 e. The molecule has 1 heterocycles. The molecular weight excluding hydrogens is 354 g/mol. The first kappa shape index (κ1) is 20.0. The van der Waals surface area contributed by atoms with Crippen LogP contribution < -0.4 is 10.6 Å². The molecule has 8 heteroatoms. The summed E-state index contributed by atoms with van der Waals surface area (Å²) in [5.74, 6) is -0.505. The number of nitrogens with zero attached hydrogens (tertiary/aromatic N) is 1. The molecule has 0 aliphatic carbocycles. The highest BCUT2D eigenvalue weighted by Crippen LogP contribution is 2.28. The van der Waals surface area contributed by atoms with E-state index in [0.29, 0.717) is 17.8 Å². The molecule has 0 atom stereocenters. The fourth-order valence-corrected chi connectivity index (χ4v) is 3.70. The zero-order chi connectivity index (χ0) is 19.3. The minimum Gasteiger partial charge on any atom is -0.462 e. The Bertz CT molecular complexity index is 842. The Labute approximate surface area is 154 Å². The molecule has 142 valence electrons. The number of hydrogen-bond donors (Lipinski definition) is 2. The van der Waals surface area contributed by atoms with Gasteiger partial charge in [0.25, 0.3) is 10.0 Å². The topological polar surface area (TPSA) is 96.9 Å². The summed E-state index contributed by atoms with van der Waals surface area (Å²) in [7, 11) is -3.74. The van der Waals surface area contributed by atoms with E-state index in [4.69, 9.17) is 4.74 Å². The van der Waals surface area contributed by atoms with Crippen LogP contribution in [0.15, 0.2) is 39.9 Å². The molecule has 0 amide bonds. The maximum Gasteiger partial charge on any atom is 0.343 e. The van der Waals surface area contributed by atoms with E-state index in [1.165, 1.54) is 0 Å². The lowest BCUT2D eigenvalue weighted by atomic mass is 10.2. The molecule has 0 unspecified atom stereocenters. The third-order valence-corrected chi connectivity index (χ3v) is 4.99. The number of benzene rings is 1. The normalized spacial score (nSPS) is 16.0. The summed E-state index contributed by atoms with van der Waals surface area (Å²) in [5, 5.41) is 6.09. The maximum atomic E-state index is 12.4. The first-order chi connectivity index (χ1) is 12.2. The van der Waals surface area contributed by atoms with E-state index in [2.05, 4.69) is 15.0 Å². The summed E-state index contributed by atoms with van der Waals surface area (Å²) < 4.78 is 33.9. The summed E-state index contributed by atoms with van der Waals surface area (Å²) in [6.45, 7) is 7.44. The highest BCUT2D eigenvalue weighted by molar-refractivity contribution is 7.90. The lowest BCUT2D eigenvalue weighted by Crippen LogP contribution is -2.25. The van der Waals surface area contributed by atoms with Crippen LogP contribution in [0.1, 0.15) is 34.1 Å². The van der Waals surface area contributed by atoms with Gasteiger partial charge in [-0.25, -0.2) is 13.2 Å². The molecule has 0 spiro atoms. The number of anilines is 2. The zero-order valence-corrected chi connectivity index (χ0v) is 16.3. The van der Waals surface area contributed by atoms with E-state index in [1.54, 1.807) is 19.9 Å². The third kappa shape index (κ3) is 5.08. The van der Waals surface area contributed by atoms with Crippen molar-refractivity contribution in [3.63, 3.8) is 0 Å². The van der Waals surface area contributed by atoms with Crippen molar-refractivity contribution in [1.82, 2.24) is 0 Å². The molecule has 0 aromatic heterocycles. The van der Waals surface area contributed by atoms with Crippen LogP contribution in [0.4, 0.5) is 11.4 Å². The molecule has 1 aromatic rings. The van der Waals surface area contributed by atoms with Crippen molar-refractivity contribution in [2.24, 2.45) is 10.3 Å². The lowest BCUT2D eigenvalue weighted by molar-refractivity contribution is -0.137. The van der Waals surface area contributed by atoms with E-state index >= 15 is 0 Å². The van der Waals surface area contributed by atoms with Crippen LogP contribution in [0.3, 0.4) is 0 Å². The molecule has 7 nitrogen and oxygen atoms in total. The van der Waals surface area contributed by atoms with Crippen molar-refractivity contribution in [2.45, 2.75) is 34.1 Å². The van der Waals surface area contributed by atoms with Gasteiger partial charge in [-0.2, -0.15) is 0 Å². The van der Waals surface area contributed by atoms with E-state index in [0.717, 1.165) is 5.69 Å². The Hall–Kier alpha value is -2.35. The number of carbonyl (C=O) groups is 1. The fourth-order valence-electron chi connectivity index (χ4n) is 2.42. The van der Waals surface area contributed by atoms with Gasteiger partial charge in [0.1, 0.15) is 5.57 Å². The van der Waals surface area contributed by atoms with Crippen molar-refractivity contribution in [3.8, 4) is 0 Å². The Kier molecular flexibility index (Phi) is 6.42. The molecule has 0 saturated carbocycles. The number of allylic oxidation sites excluding steroid dienone is 1. The SMILES string of the molecule is CCOC(=O)C1=C(C)Nc2ccccc2N/C1=N\S(=O)(=O)CCC(C)C. The van der Waals surface area contributed by atoms with Gasteiger partial charge in [-0.3, -0.25) is 0 Å². The Morgan fingerprint density at radius 3 is 2.38 bits per heavy atom. The van der Waals surface area contributed by atoms with Crippen molar-refractivity contribution in [2.75, 3.05) is 23.0 Å². The number of ether oxygens (including phenoxy) is 1. The smallest absolute Gasteiger partial charge is 0.343 e. The molecule has 0 saturated heterocycles. The number of amidine groups is 1. The van der Waals surface area contributed by atoms with Crippen molar-refractivity contribution in [1.29, 1.82) is 0 Å². The van der Waals surface area contributed by atoms with E-state index in [9.17, 15) is 13.2 Å². The summed E-state index contributed by atoms with van der Waals surface area (Å²) in [6, 6.07) is 7.25. The van der Waals surface area contributed by atoms with Gasteiger partial charge in [0, 0.05) is 5.70 Å². The Balaban J connectivity index is 2.51. The average Bonchev–Trinajstić information content (AvgIpc) is 2.68. The van der Waals surface area contributed by atoms with Gasteiger partial charge in [0.2, 0.25) is 0 Å². The maximum absolute atomic E-state index is 12.4. The second-order valence-electron chi connectivity index (χ2n) is 6.42. The van der Waals surface area contributed by atoms with Gasteiger partial charge in [-0.15, -0.1) is 4.40 Å². The molecule has 26 heavy (non-hydrogen) atoms. The van der Waals surface area contributed by atoms with Crippen LogP contribution in [0.5, 0.6) is 0 Å². The van der Waals surface area contributed by atoms with Crippen LogP contribution in [0.2, 0.25) is 0 Å². The van der Waals surface area contributed by atoms with Crippen LogP contribution in [-0.4, -0.2) is 32.6 Å². The van der Waals surface area contributed by atoms with E-state index in [1.807, 2.05) is 32.0 Å². The number of rotatable bonds is 6. The standard InChI is InChI=1S/C18H25N3O4S/c1-5-25-18(22)16-13(4)19-14-8-6-7-9-15(14)20-17(16)21-26(23,24)11-10-12(2)3/h6-9,12,19H,5,10-11H2,1-4H3,(H,20,21). The number of sulfonamides is 1. The first-order valence-corrected chi connectivity index (χ1v) is 10.2. The second-order valence-corrected chi connectivity index (χ2v) is 8.18. The van der Waals surface area contributed by atoms with Gasteiger partial charge in [-0.05, 0) is 38.3 Å². The Morgan fingerprint density at radius 2 is 1.81 bits per heavy atom. The van der Waals surface area contributed by atoms with Crippen LogP contribution in [0, 0.1) is 5.92 Å². The van der Waals surface area contributed by atoms with Crippen LogP contribution >= 0.6 is 0 Å². The molecule has 0 bridgehead atoms. The van der Waals surface area contributed by atoms with Gasteiger partial charge in [0.15, 0.2) is 5.84 Å². The number of para-hydroxylation sites is 2. The minimum absolute atomic E-state index is 0.0258. The summed E-state index contributed by atoms with van der Waals surface area (Å²) in [4.78, 5) is 12.4. The Morgan fingerprint density at radius 1 is 1.19 bits per heavy atom. The van der Waals surface area contributed by atoms with Crippen molar-refractivity contribution < 1.29 is 17.9 Å². The predicted octanol–water partition coefficient (Wildman–Crippen LogP) is 3.14. The van der Waals surface area contributed by atoms with Gasteiger partial charge in [-0.1, -0.05) is 26.0 Å². The number of hydrogen-bond acceptors (Lipinski definition) is 5. The van der Waals surface area contributed by atoms with Crippen molar-refractivity contribution >= 4 is 33.2 Å². The molecular formula is C18H25N3O4S. The first-order valence-electron chi connectivity index (χ1n) is 8.57. The summed E-state index contributed by atoms with van der Waals surface area (Å²) >= 11 is 0. The van der Waals surface area contributed by atoms with E-state index in [-0.39, 0.29) is 29.7 Å². The number of fused-ring (bicyclic) bond motifs is 1. The van der Waals surface area contributed by atoms with E-state index < -0.39 is 16.0 Å².